The Bertz CT molecular complexity index is 1190. The first-order chi connectivity index (χ1) is 16.3. The summed E-state index contributed by atoms with van der Waals surface area (Å²) in [5, 5.41) is 12.8. The van der Waals surface area contributed by atoms with Crippen LogP contribution in [-0.2, 0) is 11.4 Å². The van der Waals surface area contributed by atoms with Crippen molar-refractivity contribution in [2.75, 3.05) is 14.2 Å². The monoisotopic (exact) mass is 502 g/mol. The number of carboxylic acids is 1. The number of nitrogens with one attached hydrogen (secondary N) is 1. The van der Waals surface area contributed by atoms with E-state index < -0.39 is 11.9 Å². The number of hydrogen-bond acceptors (Lipinski definition) is 6. The summed E-state index contributed by atoms with van der Waals surface area (Å²) in [5.41, 5.74) is 0.876. The summed E-state index contributed by atoms with van der Waals surface area (Å²) in [6.07, 6.45) is 4.27. The van der Waals surface area contributed by atoms with E-state index in [-0.39, 0.29) is 29.4 Å². The number of rotatable bonds is 9. The number of aromatic nitrogens is 1. The number of methoxy groups -OCH3 is 2. The Labute approximate surface area is 205 Å². The molecule has 0 aliphatic rings. The number of ether oxygens (including phenoxy) is 3. The summed E-state index contributed by atoms with van der Waals surface area (Å²) in [6.45, 7) is 0.131. The number of nitrogens with zero attached hydrogens (tertiary/aromatic N) is 1. The van der Waals surface area contributed by atoms with Crippen molar-refractivity contribution in [3.8, 4) is 17.2 Å². The van der Waals surface area contributed by atoms with Crippen LogP contribution in [0.5, 0.6) is 17.2 Å². The van der Waals surface area contributed by atoms with Gasteiger partial charge < -0.3 is 24.6 Å². The maximum atomic E-state index is 12.8. The van der Waals surface area contributed by atoms with E-state index in [1.54, 1.807) is 42.5 Å². The maximum absolute atomic E-state index is 12.8. The topological polar surface area (TPSA) is 107 Å². The molecule has 0 saturated carbocycles. The molecule has 1 heterocycles. The lowest BCUT2D eigenvalue weighted by molar-refractivity contribution is -0.132. The van der Waals surface area contributed by atoms with Gasteiger partial charge in [0.2, 0.25) is 0 Å². The van der Waals surface area contributed by atoms with Crippen LogP contribution in [0.15, 0.2) is 60.6 Å². The van der Waals surface area contributed by atoms with Crippen molar-refractivity contribution in [2.24, 2.45) is 0 Å². The molecule has 10 heteroatoms. The lowest BCUT2D eigenvalue weighted by atomic mass is 10.1. The normalized spacial score (nSPS) is 11.0. The molecule has 0 spiro atoms. The molecule has 1 aromatic heterocycles. The van der Waals surface area contributed by atoms with Gasteiger partial charge >= 0.3 is 5.97 Å². The minimum Gasteiger partial charge on any atom is -0.496 e. The highest BCUT2D eigenvalue weighted by molar-refractivity contribution is 6.35. The second kappa shape index (κ2) is 11.4. The number of pyridine rings is 1. The van der Waals surface area contributed by atoms with Gasteiger partial charge in [-0.2, -0.15) is 0 Å². The van der Waals surface area contributed by atoms with Gasteiger partial charge in [0.25, 0.3) is 5.91 Å². The molecule has 8 nitrogen and oxygen atoms in total. The molecule has 176 valence electrons. The number of carbonyl (C=O) groups excluding carboxylic acids is 1. The number of amides is 1. The second-order valence-electron chi connectivity index (χ2n) is 6.79. The fourth-order valence-corrected chi connectivity index (χ4v) is 3.44. The van der Waals surface area contributed by atoms with Crippen LogP contribution in [0.4, 0.5) is 0 Å². The molecular formula is C24H20Cl2N2O6. The molecule has 3 aromatic rings. The molecule has 0 radical (unpaired) electrons. The largest absolute Gasteiger partial charge is 0.496 e. The minimum absolute atomic E-state index is 0.0804. The van der Waals surface area contributed by atoms with Crippen molar-refractivity contribution >= 4 is 41.2 Å². The molecule has 0 unspecified atom stereocenters. The average molecular weight is 503 g/mol. The molecule has 34 heavy (non-hydrogen) atoms. The summed E-state index contributed by atoms with van der Waals surface area (Å²) in [5.74, 6) is -0.991. The SMILES string of the molecule is COc1cccc(OC)c1C(=O)N/C(=C/c1ccc(OCc2c(Cl)cncc2Cl)cc1)C(=O)O. The summed E-state index contributed by atoms with van der Waals surface area (Å²) >= 11 is 12.2. The lowest BCUT2D eigenvalue weighted by Crippen LogP contribution is -2.28. The Morgan fingerprint density at radius 3 is 2.12 bits per heavy atom. The third-order valence-corrected chi connectivity index (χ3v) is 5.31. The van der Waals surface area contributed by atoms with Crippen LogP contribution in [0.25, 0.3) is 6.08 Å². The van der Waals surface area contributed by atoms with Gasteiger partial charge in [0, 0.05) is 18.0 Å². The molecule has 3 rings (SSSR count). The van der Waals surface area contributed by atoms with Crippen molar-refractivity contribution in [3.05, 3.63) is 87.3 Å². The zero-order chi connectivity index (χ0) is 24.7. The summed E-state index contributed by atoms with van der Waals surface area (Å²) in [7, 11) is 2.80. The van der Waals surface area contributed by atoms with Gasteiger partial charge in [0.05, 0.1) is 24.3 Å². The van der Waals surface area contributed by atoms with E-state index in [0.717, 1.165) is 0 Å². The Kier molecular flexibility index (Phi) is 8.34. The van der Waals surface area contributed by atoms with Crippen molar-refractivity contribution in [1.82, 2.24) is 10.3 Å². The van der Waals surface area contributed by atoms with E-state index in [4.69, 9.17) is 37.4 Å². The fourth-order valence-electron chi connectivity index (χ4n) is 2.97. The van der Waals surface area contributed by atoms with Crippen LogP contribution in [0.2, 0.25) is 10.0 Å². The van der Waals surface area contributed by atoms with Crippen LogP contribution in [0, 0.1) is 0 Å². The van der Waals surface area contributed by atoms with Gasteiger partial charge in [-0.05, 0) is 35.9 Å². The number of carboxylic acid groups (broad SMARTS) is 1. The first kappa shape index (κ1) is 24.9. The first-order valence-electron chi connectivity index (χ1n) is 9.82. The highest BCUT2D eigenvalue weighted by Crippen LogP contribution is 2.28. The maximum Gasteiger partial charge on any atom is 0.352 e. The van der Waals surface area contributed by atoms with E-state index in [2.05, 4.69) is 10.3 Å². The van der Waals surface area contributed by atoms with Crippen molar-refractivity contribution in [3.63, 3.8) is 0 Å². The fraction of sp³-hybridized carbons (Fsp3) is 0.125. The van der Waals surface area contributed by atoms with Gasteiger partial charge in [-0.25, -0.2) is 4.79 Å². The summed E-state index contributed by atoms with van der Waals surface area (Å²) < 4.78 is 16.1. The smallest absolute Gasteiger partial charge is 0.352 e. The van der Waals surface area contributed by atoms with Crippen molar-refractivity contribution in [2.45, 2.75) is 6.61 Å². The van der Waals surface area contributed by atoms with Crippen LogP contribution in [0.3, 0.4) is 0 Å². The molecule has 2 N–H and O–H groups in total. The number of hydrogen-bond donors (Lipinski definition) is 2. The van der Waals surface area contributed by atoms with Gasteiger partial charge in [-0.15, -0.1) is 0 Å². The van der Waals surface area contributed by atoms with Crippen LogP contribution >= 0.6 is 23.2 Å². The predicted octanol–water partition coefficient (Wildman–Crippen LogP) is 4.84. The van der Waals surface area contributed by atoms with E-state index in [9.17, 15) is 14.7 Å². The standard InChI is InChI=1S/C24H20Cl2N2O6/c1-32-20-4-3-5-21(33-2)22(20)23(29)28-19(24(30)31)10-14-6-8-15(9-7-14)34-13-16-17(25)11-27-12-18(16)26/h3-12H,13H2,1-2H3,(H,28,29)(H,30,31)/b19-10+. The molecule has 0 saturated heterocycles. The van der Waals surface area contributed by atoms with Crippen LogP contribution in [-0.4, -0.2) is 36.2 Å². The second-order valence-corrected chi connectivity index (χ2v) is 7.61. The number of halogens is 2. The zero-order valence-corrected chi connectivity index (χ0v) is 19.7. The third kappa shape index (κ3) is 5.98. The van der Waals surface area contributed by atoms with E-state index in [1.807, 2.05) is 0 Å². The van der Waals surface area contributed by atoms with E-state index >= 15 is 0 Å². The molecular weight excluding hydrogens is 483 g/mol. The summed E-state index contributed by atoms with van der Waals surface area (Å²) in [6, 6.07) is 11.4. The van der Waals surface area contributed by atoms with Gasteiger partial charge in [0.15, 0.2) is 0 Å². The quantitative estimate of drug-likeness (QED) is 0.403. The zero-order valence-electron chi connectivity index (χ0n) is 18.2. The van der Waals surface area contributed by atoms with Crippen LogP contribution < -0.4 is 19.5 Å². The highest BCUT2D eigenvalue weighted by Gasteiger charge is 2.21. The Balaban J connectivity index is 1.76. The minimum atomic E-state index is -1.32. The number of aliphatic carboxylic acids is 1. The predicted molar refractivity (Wildman–Crippen MR) is 128 cm³/mol. The highest BCUT2D eigenvalue weighted by atomic mass is 35.5. The van der Waals surface area contributed by atoms with Gasteiger partial charge in [-0.3, -0.25) is 9.78 Å². The number of benzene rings is 2. The Morgan fingerprint density at radius 2 is 1.59 bits per heavy atom. The first-order valence-corrected chi connectivity index (χ1v) is 10.6. The lowest BCUT2D eigenvalue weighted by Gasteiger charge is -2.13. The third-order valence-electron chi connectivity index (χ3n) is 4.66. The molecule has 0 aliphatic heterocycles. The van der Waals surface area contributed by atoms with Crippen molar-refractivity contribution in [1.29, 1.82) is 0 Å². The molecule has 2 aromatic carbocycles. The Morgan fingerprint density at radius 1 is 1.00 bits per heavy atom. The Hall–Kier alpha value is -3.75. The molecule has 0 atom stereocenters. The average Bonchev–Trinajstić information content (AvgIpc) is 2.83. The summed E-state index contributed by atoms with van der Waals surface area (Å²) in [4.78, 5) is 28.5. The van der Waals surface area contributed by atoms with Gasteiger partial charge in [0.1, 0.15) is 35.1 Å². The van der Waals surface area contributed by atoms with Crippen LogP contribution in [0.1, 0.15) is 21.5 Å². The molecule has 1 amide bonds. The van der Waals surface area contributed by atoms with E-state index in [1.165, 1.54) is 32.7 Å². The number of carbonyl (C=O) groups is 2. The van der Waals surface area contributed by atoms with Gasteiger partial charge in [-0.1, -0.05) is 41.4 Å². The van der Waals surface area contributed by atoms with E-state index in [0.29, 0.717) is 26.9 Å². The molecule has 0 fully saturated rings. The molecule has 0 bridgehead atoms. The molecule has 0 aliphatic carbocycles. The van der Waals surface area contributed by atoms with Crippen molar-refractivity contribution < 1.29 is 28.9 Å².